The summed E-state index contributed by atoms with van der Waals surface area (Å²) in [5.74, 6) is 0.0647. The Morgan fingerprint density at radius 3 is 2.43 bits per heavy atom. The van der Waals surface area contributed by atoms with E-state index in [2.05, 4.69) is 38.2 Å². The van der Waals surface area contributed by atoms with Crippen molar-refractivity contribution in [1.29, 1.82) is 0 Å². The predicted octanol–water partition coefficient (Wildman–Crippen LogP) is 3.60. The molecule has 1 amide bonds. The van der Waals surface area contributed by atoms with Crippen LogP contribution in [0.25, 0.3) is 0 Å². The number of hydrogen-bond donors (Lipinski definition) is 2. The molecule has 0 aliphatic rings. The van der Waals surface area contributed by atoms with Crippen LogP contribution >= 0.6 is 0 Å². The number of amides is 1. The van der Waals surface area contributed by atoms with Crippen LogP contribution < -0.4 is 11.1 Å². The molecule has 0 saturated carbocycles. The molecule has 23 heavy (non-hydrogen) atoms. The summed E-state index contributed by atoms with van der Waals surface area (Å²) < 4.78 is 0. The Labute approximate surface area is 138 Å². The quantitative estimate of drug-likeness (QED) is 0.801. The van der Waals surface area contributed by atoms with Gasteiger partial charge in [-0.2, -0.15) is 0 Å². The highest BCUT2D eigenvalue weighted by Gasteiger charge is 2.22. The van der Waals surface area contributed by atoms with Crippen molar-refractivity contribution in [3.63, 3.8) is 0 Å². The van der Waals surface area contributed by atoms with Crippen LogP contribution in [0.3, 0.4) is 0 Å². The topological polar surface area (TPSA) is 55.1 Å². The van der Waals surface area contributed by atoms with Gasteiger partial charge in [-0.1, -0.05) is 56.3 Å². The summed E-state index contributed by atoms with van der Waals surface area (Å²) in [4.78, 5) is 12.1. The van der Waals surface area contributed by atoms with Crippen LogP contribution in [0.2, 0.25) is 0 Å². The van der Waals surface area contributed by atoms with E-state index in [1.165, 1.54) is 11.1 Å². The van der Waals surface area contributed by atoms with Crippen LogP contribution in [0.4, 0.5) is 5.69 Å². The van der Waals surface area contributed by atoms with Gasteiger partial charge in [-0.05, 0) is 36.1 Å². The summed E-state index contributed by atoms with van der Waals surface area (Å²) in [7, 11) is 0. The van der Waals surface area contributed by atoms with Crippen LogP contribution in [0.5, 0.6) is 0 Å². The van der Waals surface area contributed by atoms with Crippen molar-refractivity contribution in [2.24, 2.45) is 0 Å². The molecule has 0 unspecified atom stereocenters. The molecule has 0 aliphatic heterocycles. The Balaban J connectivity index is 1.89. The standard InChI is InChI=1S/C20H26N2O/c1-15-8-4-6-10-17(15)20(2,3)14-22-19(23)13-12-16-9-5-7-11-18(16)21/h4-11H,12-14,21H2,1-3H3,(H,22,23). The molecule has 0 atom stereocenters. The van der Waals surface area contributed by atoms with Crippen LogP contribution in [0.1, 0.15) is 37.0 Å². The Bertz CT molecular complexity index is 677. The number of para-hydroxylation sites is 1. The lowest BCUT2D eigenvalue weighted by Crippen LogP contribution is -2.37. The number of nitrogens with one attached hydrogen (secondary N) is 1. The average molecular weight is 310 g/mol. The maximum atomic E-state index is 12.1. The second-order valence-corrected chi connectivity index (χ2v) is 6.67. The van der Waals surface area contributed by atoms with Crippen LogP contribution in [-0.4, -0.2) is 12.5 Å². The molecule has 0 aromatic heterocycles. The van der Waals surface area contributed by atoms with Crippen molar-refractivity contribution >= 4 is 11.6 Å². The van der Waals surface area contributed by atoms with Crippen molar-refractivity contribution in [2.45, 2.75) is 39.0 Å². The smallest absolute Gasteiger partial charge is 0.220 e. The zero-order chi connectivity index (χ0) is 16.9. The maximum Gasteiger partial charge on any atom is 0.220 e. The Hall–Kier alpha value is -2.29. The van der Waals surface area contributed by atoms with E-state index in [1.807, 2.05) is 36.4 Å². The van der Waals surface area contributed by atoms with Crippen LogP contribution in [0.15, 0.2) is 48.5 Å². The number of anilines is 1. The first-order chi connectivity index (χ1) is 10.9. The maximum absolute atomic E-state index is 12.1. The second kappa shape index (κ2) is 7.32. The monoisotopic (exact) mass is 310 g/mol. The van der Waals surface area contributed by atoms with Crippen molar-refractivity contribution in [1.82, 2.24) is 5.32 Å². The third-order valence-corrected chi connectivity index (χ3v) is 4.28. The van der Waals surface area contributed by atoms with Gasteiger partial charge in [-0.3, -0.25) is 4.79 Å². The van der Waals surface area contributed by atoms with E-state index in [0.29, 0.717) is 19.4 Å². The first-order valence-corrected chi connectivity index (χ1v) is 8.06. The summed E-state index contributed by atoms with van der Waals surface area (Å²) in [6.45, 7) is 7.05. The van der Waals surface area contributed by atoms with Gasteiger partial charge >= 0.3 is 0 Å². The van der Waals surface area contributed by atoms with Crippen molar-refractivity contribution < 1.29 is 4.79 Å². The van der Waals surface area contributed by atoms with Gasteiger partial charge in [0, 0.05) is 24.1 Å². The molecule has 2 rings (SSSR count). The fourth-order valence-corrected chi connectivity index (χ4v) is 2.85. The lowest BCUT2D eigenvalue weighted by Gasteiger charge is -2.27. The summed E-state index contributed by atoms with van der Waals surface area (Å²) >= 11 is 0. The molecular weight excluding hydrogens is 284 g/mol. The molecule has 0 aliphatic carbocycles. The first kappa shape index (κ1) is 17.1. The fraction of sp³-hybridized carbons (Fsp3) is 0.350. The third-order valence-electron chi connectivity index (χ3n) is 4.28. The summed E-state index contributed by atoms with van der Waals surface area (Å²) in [6.07, 6.45) is 1.13. The Morgan fingerprint density at radius 2 is 1.74 bits per heavy atom. The highest BCUT2D eigenvalue weighted by molar-refractivity contribution is 5.76. The molecule has 0 bridgehead atoms. The molecule has 2 aromatic carbocycles. The molecule has 3 nitrogen and oxygen atoms in total. The molecule has 122 valence electrons. The highest BCUT2D eigenvalue weighted by Crippen LogP contribution is 2.25. The van der Waals surface area contributed by atoms with Gasteiger partial charge in [0.05, 0.1) is 0 Å². The van der Waals surface area contributed by atoms with Crippen LogP contribution in [0, 0.1) is 6.92 Å². The minimum atomic E-state index is -0.0905. The van der Waals surface area contributed by atoms with E-state index in [4.69, 9.17) is 5.73 Å². The van der Waals surface area contributed by atoms with Gasteiger partial charge in [-0.25, -0.2) is 0 Å². The molecule has 0 saturated heterocycles. The summed E-state index contributed by atoms with van der Waals surface area (Å²) in [5.41, 5.74) is 10.1. The normalized spacial score (nSPS) is 11.3. The lowest BCUT2D eigenvalue weighted by molar-refractivity contribution is -0.121. The number of nitrogen functional groups attached to an aromatic ring is 1. The Morgan fingerprint density at radius 1 is 1.09 bits per heavy atom. The van der Waals surface area contributed by atoms with Gasteiger partial charge in [0.1, 0.15) is 0 Å². The van der Waals surface area contributed by atoms with Crippen molar-refractivity contribution in [3.05, 3.63) is 65.2 Å². The largest absolute Gasteiger partial charge is 0.399 e. The van der Waals surface area contributed by atoms with Gasteiger partial charge < -0.3 is 11.1 Å². The fourth-order valence-electron chi connectivity index (χ4n) is 2.85. The van der Waals surface area contributed by atoms with Crippen molar-refractivity contribution in [3.8, 4) is 0 Å². The van der Waals surface area contributed by atoms with E-state index in [0.717, 1.165) is 11.3 Å². The molecule has 0 spiro atoms. The van der Waals surface area contributed by atoms with Crippen LogP contribution in [-0.2, 0) is 16.6 Å². The zero-order valence-corrected chi connectivity index (χ0v) is 14.2. The molecule has 0 heterocycles. The van der Waals surface area contributed by atoms with E-state index in [1.54, 1.807) is 0 Å². The minimum absolute atomic E-state index is 0.0647. The highest BCUT2D eigenvalue weighted by atomic mass is 16.1. The summed E-state index contributed by atoms with van der Waals surface area (Å²) in [5, 5.41) is 3.06. The molecule has 3 N–H and O–H groups in total. The molecular formula is C20H26N2O. The van der Waals surface area contributed by atoms with Gasteiger partial charge in [0.25, 0.3) is 0 Å². The number of nitrogens with two attached hydrogens (primary N) is 1. The minimum Gasteiger partial charge on any atom is -0.399 e. The molecule has 2 aromatic rings. The number of hydrogen-bond acceptors (Lipinski definition) is 2. The molecule has 0 fully saturated rings. The molecule has 0 radical (unpaired) electrons. The zero-order valence-electron chi connectivity index (χ0n) is 14.2. The number of benzene rings is 2. The predicted molar refractivity (Wildman–Crippen MR) is 96.4 cm³/mol. The van der Waals surface area contributed by atoms with Gasteiger partial charge in [-0.15, -0.1) is 0 Å². The number of rotatable bonds is 6. The summed E-state index contributed by atoms with van der Waals surface area (Å²) in [6, 6.07) is 16.0. The van der Waals surface area contributed by atoms with E-state index in [-0.39, 0.29) is 11.3 Å². The number of carbonyl (C=O) groups is 1. The SMILES string of the molecule is Cc1ccccc1C(C)(C)CNC(=O)CCc1ccccc1N. The van der Waals surface area contributed by atoms with Gasteiger partial charge in [0.2, 0.25) is 5.91 Å². The first-order valence-electron chi connectivity index (χ1n) is 8.06. The van der Waals surface area contributed by atoms with Crippen molar-refractivity contribution in [2.75, 3.05) is 12.3 Å². The second-order valence-electron chi connectivity index (χ2n) is 6.67. The van der Waals surface area contributed by atoms with E-state index in [9.17, 15) is 4.79 Å². The van der Waals surface area contributed by atoms with Gasteiger partial charge in [0.15, 0.2) is 0 Å². The Kier molecular flexibility index (Phi) is 5.43. The number of aryl methyl sites for hydroxylation is 2. The number of carbonyl (C=O) groups excluding carboxylic acids is 1. The van der Waals surface area contributed by atoms with E-state index < -0.39 is 0 Å². The lowest BCUT2D eigenvalue weighted by atomic mass is 9.82. The molecule has 3 heteroatoms. The average Bonchev–Trinajstić information content (AvgIpc) is 2.52. The third kappa shape index (κ3) is 4.59. The van der Waals surface area contributed by atoms with E-state index >= 15 is 0 Å².